The van der Waals surface area contributed by atoms with Gasteiger partial charge in [-0.2, -0.15) is 0 Å². The number of hydrogen-bond acceptors (Lipinski definition) is 5. The molecular weight excluding hydrogens is 318 g/mol. The minimum atomic E-state index is -0.0324. The number of nitrogens with zero attached hydrogens (tertiary/aromatic N) is 1. The molecule has 0 saturated carbocycles. The SMILES string of the molecule is CC(=O)c1ccco1.COc1ccc(N=Cc2ccc(O)cc2)cc1. The Labute approximate surface area is 146 Å². The van der Waals surface area contributed by atoms with Gasteiger partial charge in [0.15, 0.2) is 11.5 Å². The molecule has 0 fully saturated rings. The largest absolute Gasteiger partial charge is 0.508 e. The predicted octanol–water partition coefficient (Wildman–Crippen LogP) is 4.63. The van der Waals surface area contributed by atoms with Crippen LogP contribution in [0, 0.1) is 0 Å². The van der Waals surface area contributed by atoms with Crippen molar-refractivity contribution in [3.05, 3.63) is 78.3 Å². The summed E-state index contributed by atoms with van der Waals surface area (Å²) in [4.78, 5) is 14.7. The Bertz CT molecular complexity index is 804. The lowest BCUT2D eigenvalue weighted by molar-refractivity contribution is 0.0987. The molecule has 25 heavy (non-hydrogen) atoms. The van der Waals surface area contributed by atoms with Crippen LogP contribution in [-0.4, -0.2) is 24.2 Å². The zero-order valence-corrected chi connectivity index (χ0v) is 14.0. The smallest absolute Gasteiger partial charge is 0.194 e. The number of carbonyl (C=O) groups is 1. The van der Waals surface area contributed by atoms with Crippen molar-refractivity contribution < 1.29 is 19.1 Å². The highest BCUT2D eigenvalue weighted by molar-refractivity contribution is 5.91. The van der Waals surface area contributed by atoms with E-state index < -0.39 is 0 Å². The first-order valence-electron chi connectivity index (χ1n) is 7.60. The normalized spacial score (nSPS) is 10.2. The molecule has 0 aliphatic heterocycles. The maximum Gasteiger partial charge on any atom is 0.194 e. The van der Waals surface area contributed by atoms with Gasteiger partial charge in [0.2, 0.25) is 0 Å². The van der Waals surface area contributed by atoms with Gasteiger partial charge >= 0.3 is 0 Å². The monoisotopic (exact) mass is 337 g/mol. The second kappa shape index (κ2) is 9.08. The first-order chi connectivity index (χ1) is 12.1. The fourth-order valence-electron chi connectivity index (χ4n) is 1.86. The Hall–Kier alpha value is -3.34. The van der Waals surface area contributed by atoms with Gasteiger partial charge in [-0.05, 0) is 66.2 Å². The number of aromatic hydroxyl groups is 1. The van der Waals surface area contributed by atoms with Crippen molar-refractivity contribution in [2.75, 3.05) is 7.11 Å². The molecule has 0 spiro atoms. The molecule has 3 aromatic rings. The molecule has 1 heterocycles. The van der Waals surface area contributed by atoms with E-state index in [9.17, 15) is 4.79 Å². The molecule has 1 aromatic heterocycles. The van der Waals surface area contributed by atoms with E-state index >= 15 is 0 Å². The molecule has 5 nitrogen and oxygen atoms in total. The van der Waals surface area contributed by atoms with Crippen LogP contribution in [0.1, 0.15) is 23.0 Å². The molecule has 0 amide bonds. The fraction of sp³-hybridized carbons (Fsp3) is 0.100. The average molecular weight is 337 g/mol. The summed E-state index contributed by atoms with van der Waals surface area (Å²) in [6.45, 7) is 1.47. The number of carbonyl (C=O) groups excluding carboxylic acids is 1. The molecule has 0 bridgehead atoms. The number of furan rings is 1. The molecule has 2 aromatic carbocycles. The molecule has 0 saturated heterocycles. The van der Waals surface area contributed by atoms with E-state index in [-0.39, 0.29) is 11.5 Å². The number of benzene rings is 2. The topological polar surface area (TPSA) is 72.0 Å². The molecule has 5 heteroatoms. The standard InChI is InChI=1S/C14H13NO2.C6H6O2/c1-17-14-8-4-12(5-9-14)15-10-11-2-6-13(16)7-3-11;1-5(7)6-3-2-4-8-6/h2-10,16H,1H3;2-4H,1H3. The second-order valence-electron chi connectivity index (χ2n) is 5.08. The van der Waals surface area contributed by atoms with E-state index in [0.717, 1.165) is 17.0 Å². The lowest BCUT2D eigenvalue weighted by Gasteiger charge is -1.99. The highest BCUT2D eigenvalue weighted by atomic mass is 16.5. The minimum absolute atomic E-state index is 0.0324. The van der Waals surface area contributed by atoms with Crippen molar-refractivity contribution >= 4 is 17.7 Å². The van der Waals surface area contributed by atoms with Crippen molar-refractivity contribution in [2.45, 2.75) is 6.92 Å². The van der Waals surface area contributed by atoms with Crippen LogP contribution in [0.5, 0.6) is 11.5 Å². The summed E-state index contributed by atoms with van der Waals surface area (Å²) < 4.78 is 9.81. The van der Waals surface area contributed by atoms with Crippen LogP contribution in [0.15, 0.2) is 76.3 Å². The number of ether oxygens (including phenoxy) is 1. The summed E-state index contributed by atoms with van der Waals surface area (Å²) in [6.07, 6.45) is 3.23. The van der Waals surface area contributed by atoms with Gasteiger partial charge in [0.1, 0.15) is 11.5 Å². The highest BCUT2D eigenvalue weighted by Crippen LogP contribution is 2.17. The van der Waals surface area contributed by atoms with Gasteiger partial charge in [0.25, 0.3) is 0 Å². The van der Waals surface area contributed by atoms with Crippen LogP contribution >= 0.6 is 0 Å². The van der Waals surface area contributed by atoms with Crippen molar-refractivity contribution in [3.63, 3.8) is 0 Å². The van der Waals surface area contributed by atoms with Crippen molar-refractivity contribution in [1.82, 2.24) is 0 Å². The first kappa shape index (κ1) is 18.0. The molecule has 1 N–H and O–H groups in total. The Morgan fingerprint density at radius 2 is 1.76 bits per heavy atom. The third kappa shape index (κ3) is 5.99. The molecule has 3 rings (SSSR count). The molecule has 0 radical (unpaired) electrons. The maximum atomic E-state index is 10.4. The van der Waals surface area contributed by atoms with E-state index in [1.165, 1.54) is 13.2 Å². The van der Waals surface area contributed by atoms with Crippen LogP contribution in [0.4, 0.5) is 5.69 Å². The second-order valence-corrected chi connectivity index (χ2v) is 5.08. The van der Waals surface area contributed by atoms with Gasteiger partial charge in [0.05, 0.1) is 19.1 Å². The van der Waals surface area contributed by atoms with Crippen LogP contribution < -0.4 is 4.74 Å². The predicted molar refractivity (Wildman–Crippen MR) is 97.1 cm³/mol. The fourth-order valence-corrected chi connectivity index (χ4v) is 1.86. The number of hydrogen-bond donors (Lipinski definition) is 1. The maximum absolute atomic E-state index is 10.4. The summed E-state index contributed by atoms with van der Waals surface area (Å²) in [5.74, 6) is 1.46. The summed E-state index contributed by atoms with van der Waals surface area (Å²) >= 11 is 0. The lowest BCUT2D eigenvalue weighted by Crippen LogP contribution is -1.85. The van der Waals surface area contributed by atoms with Crippen molar-refractivity contribution in [3.8, 4) is 11.5 Å². The van der Waals surface area contributed by atoms with E-state index in [1.807, 2.05) is 36.4 Å². The lowest BCUT2D eigenvalue weighted by atomic mass is 10.2. The van der Waals surface area contributed by atoms with Gasteiger partial charge in [0, 0.05) is 13.1 Å². The Morgan fingerprint density at radius 1 is 1.08 bits per heavy atom. The minimum Gasteiger partial charge on any atom is -0.508 e. The van der Waals surface area contributed by atoms with Gasteiger partial charge in [-0.3, -0.25) is 9.79 Å². The molecule has 0 atom stereocenters. The summed E-state index contributed by atoms with van der Waals surface area (Å²) in [6, 6.07) is 17.7. The summed E-state index contributed by atoms with van der Waals surface area (Å²) in [5.41, 5.74) is 1.80. The van der Waals surface area contributed by atoms with Crippen LogP contribution in [0.2, 0.25) is 0 Å². The zero-order valence-electron chi connectivity index (χ0n) is 14.0. The van der Waals surface area contributed by atoms with Crippen molar-refractivity contribution in [1.29, 1.82) is 0 Å². The Morgan fingerprint density at radius 3 is 2.24 bits per heavy atom. The van der Waals surface area contributed by atoms with Crippen molar-refractivity contribution in [2.24, 2.45) is 4.99 Å². The molecular formula is C20H19NO4. The van der Waals surface area contributed by atoms with Gasteiger partial charge < -0.3 is 14.3 Å². The first-order valence-corrected chi connectivity index (χ1v) is 7.60. The molecule has 0 unspecified atom stereocenters. The summed E-state index contributed by atoms with van der Waals surface area (Å²) in [7, 11) is 1.63. The zero-order chi connectivity index (χ0) is 18.1. The van der Waals surface area contributed by atoms with Gasteiger partial charge in [-0.1, -0.05) is 0 Å². The van der Waals surface area contributed by atoms with Gasteiger partial charge in [-0.15, -0.1) is 0 Å². The number of aliphatic imine (C=N–C) groups is 1. The van der Waals surface area contributed by atoms with Gasteiger partial charge in [-0.25, -0.2) is 0 Å². The van der Waals surface area contributed by atoms with E-state index in [4.69, 9.17) is 14.3 Å². The van der Waals surface area contributed by atoms with Crippen LogP contribution in [0.25, 0.3) is 0 Å². The summed E-state index contributed by atoms with van der Waals surface area (Å²) in [5, 5.41) is 9.14. The number of rotatable bonds is 4. The number of phenols is 1. The average Bonchev–Trinajstić information content (AvgIpc) is 3.17. The molecule has 0 aliphatic rings. The number of methoxy groups -OCH3 is 1. The van der Waals surface area contributed by atoms with Crippen LogP contribution in [-0.2, 0) is 0 Å². The molecule has 0 aliphatic carbocycles. The van der Waals surface area contributed by atoms with E-state index in [2.05, 4.69) is 4.99 Å². The number of ketones is 1. The molecule has 128 valence electrons. The number of phenolic OH excluding ortho intramolecular Hbond substituents is 1. The third-order valence-corrected chi connectivity index (χ3v) is 3.20. The van der Waals surface area contributed by atoms with E-state index in [0.29, 0.717) is 5.76 Å². The Balaban J connectivity index is 0.000000236. The quantitative estimate of drug-likeness (QED) is 0.556. The highest BCUT2D eigenvalue weighted by Gasteiger charge is 1.97. The van der Waals surface area contributed by atoms with E-state index in [1.54, 1.807) is 37.6 Å². The third-order valence-electron chi connectivity index (χ3n) is 3.20. The Kier molecular flexibility index (Phi) is 6.54. The number of Topliss-reactive ketones (excluding diaryl/α,β-unsaturated/α-hetero) is 1. The van der Waals surface area contributed by atoms with Crippen LogP contribution in [0.3, 0.4) is 0 Å².